The fourth-order valence-corrected chi connectivity index (χ4v) is 2.60. The highest BCUT2D eigenvalue weighted by atomic mass is 32.1. The summed E-state index contributed by atoms with van der Waals surface area (Å²) in [5.41, 5.74) is 11.1. The van der Waals surface area contributed by atoms with E-state index in [-0.39, 0.29) is 12.2 Å². The van der Waals surface area contributed by atoms with Crippen LogP contribution in [0.15, 0.2) is 12.5 Å². The summed E-state index contributed by atoms with van der Waals surface area (Å²) in [6.45, 7) is -0.857. The van der Waals surface area contributed by atoms with E-state index in [2.05, 4.69) is 38.5 Å². The van der Waals surface area contributed by atoms with Crippen molar-refractivity contribution >= 4 is 42.2 Å². The quantitative estimate of drug-likeness (QED) is 0.129. The number of hydrogen-bond acceptors (Lipinski definition) is 9. The van der Waals surface area contributed by atoms with Crippen LogP contribution < -0.4 is 27.4 Å². The van der Waals surface area contributed by atoms with E-state index in [1.807, 2.05) is 0 Å². The lowest BCUT2D eigenvalue weighted by atomic mass is 10.1. The number of aliphatic hydroxyl groups is 1. The molecule has 0 bridgehead atoms. The van der Waals surface area contributed by atoms with Gasteiger partial charge in [0.1, 0.15) is 18.1 Å². The first-order valence-electron chi connectivity index (χ1n) is 8.95. The van der Waals surface area contributed by atoms with Crippen LogP contribution in [-0.2, 0) is 30.4 Å². The van der Waals surface area contributed by atoms with Crippen LogP contribution >= 0.6 is 12.6 Å². The molecule has 0 spiro atoms. The van der Waals surface area contributed by atoms with E-state index in [1.165, 1.54) is 12.5 Å². The Hall–Kier alpha value is -3.17. The zero-order chi connectivity index (χ0) is 23.6. The number of rotatable bonds is 13. The number of aliphatic hydroxyl groups excluding tert-OH is 1. The van der Waals surface area contributed by atoms with Gasteiger partial charge in [0.2, 0.25) is 23.6 Å². The summed E-state index contributed by atoms with van der Waals surface area (Å²) >= 11 is 3.97. The van der Waals surface area contributed by atoms with Gasteiger partial charge in [-0.15, -0.1) is 0 Å². The lowest BCUT2D eigenvalue weighted by Crippen LogP contribution is -2.58. The highest BCUT2D eigenvalue weighted by Crippen LogP contribution is 2.02. The van der Waals surface area contributed by atoms with Gasteiger partial charge < -0.3 is 42.6 Å². The first-order valence-corrected chi connectivity index (χ1v) is 9.59. The van der Waals surface area contributed by atoms with Crippen molar-refractivity contribution in [2.75, 3.05) is 12.4 Å². The lowest BCUT2D eigenvalue weighted by Gasteiger charge is -2.24. The topological polar surface area (TPSA) is 243 Å². The number of aliphatic carboxylic acids is 1. The number of H-pyrrole nitrogens is 1. The summed E-state index contributed by atoms with van der Waals surface area (Å²) in [6.07, 6.45) is 2.27. The van der Waals surface area contributed by atoms with E-state index in [0.29, 0.717) is 5.69 Å². The van der Waals surface area contributed by atoms with E-state index >= 15 is 0 Å². The summed E-state index contributed by atoms with van der Waals surface area (Å²) in [4.78, 5) is 65.7. The van der Waals surface area contributed by atoms with Crippen molar-refractivity contribution in [3.8, 4) is 0 Å². The van der Waals surface area contributed by atoms with Crippen molar-refractivity contribution < 1.29 is 34.2 Å². The Morgan fingerprint density at radius 1 is 1.06 bits per heavy atom. The molecule has 172 valence electrons. The molecule has 0 aliphatic rings. The summed E-state index contributed by atoms with van der Waals surface area (Å²) in [5.74, 6) is -5.01. The second-order valence-corrected chi connectivity index (χ2v) is 6.81. The van der Waals surface area contributed by atoms with Gasteiger partial charge in [-0.2, -0.15) is 12.6 Å². The molecule has 4 unspecified atom stereocenters. The van der Waals surface area contributed by atoms with Crippen LogP contribution in [0.3, 0.4) is 0 Å². The van der Waals surface area contributed by atoms with Crippen LogP contribution in [0.2, 0.25) is 0 Å². The molecule has 0 saturated heterocycles. The maximum Gasteiger partial charge on any atom is 0.328 e. The Bertz CT molecular complexity index is 789. The second-order valence-electron chi connectivity index (χ2n) is 6.44. The maximum atomic E-state index is 12.7. The zero-order valence-corrected chi connectivity index (χ0v) is 17.2. The summed E-state index contributed by atoms with van der Waals surface area (Å²) < 4.78 is 0. The molecule has 31 heavy (non-hydrogen) atoms. The minimum atomic E-state index is -1.57. The Morgan fingerprint density at radius 3 is 2.13 bits per heavy atom. The van der Waals surface area contributed by atoms with E-state index in [9.17, 15) is 24.0 Å². The number of amides is 4. The van der Waals surface area contributed by atoms with Crippen LogP contribution in [0.1, 0.15) is 12.1 Å². The molecule has 0 aliphatic carbocycles. The number of imidazole rings is 1. The lowest BCUT2D eigenvalue weighted by molar-refractivity contribution is -0.143. The Morgan fingerprint density at radius 2 is 1.65 bits per heavy atom. The molecule has 4 atom stereocenters. The molecule has 0 aromatic carbocycles. The number of hydrogen-bond donors (Lipinski definition) is 9. The van der Waals surface area contributed by atoms with Crippen LogP contribution in [0.25, 0.3) is 0 Å². The number of nitrogens with two attached hydrogens (primary N) is 2. The average molecular weight is 459 g/mol. The number of carbonyl (C=O) groups excluding carboxylic acids is 4. The van der Waals surface area contributed by atoms with Gasteiger partial charge in [0, 0.05) is 24.1 Å². The normalized spacial score (nSPS) is 14.5. The first-order chi connectivity index (χ1) is 14.6. The molecule has 1 aromatic rings. The number of aromatic amines is 1. The average Bonchev–Trinajstić information content (AvgIpc) is 3.21. The molecule has 0 radical (unpaired) electrons. The third-order valence-corrected chi connectivity index (χ3v) is 4.35. The van der Waals surface area contributed by atoms with E-state index < -0.39 is 66.8 Å². The highest BCUT2D eigenvalue weighted by Gasteiger charge is 2.30. The van der Waals surface area contributed by atoms with Gasteiger partial charge in [-0.05, 0) is 0 Å². The largest absolute Gasteiger partial charge is 0.480 e. The molecular formula is C16H25N7O7S. The van der Waals surface area contributed by atoms with Crippen LogP contribution in [-0.4, -0.2) is 86.3 Å². The van der Waals surface area contributed by atoms with Crippen molar-refractivity contribution in [3.63, 3.8) is 0 Å². The molecular weight excluding hydrogens is 434 g/mol. The molecule has 15 heteroatoms. The summed E-state index contributed by atoms with van der Waals surface area (Å²) in [7, 11) is 0. The third kappa shape index (κ3) is 8.61. The van der Waals surface area contributed by atoms with Crippen LogP contribution in [0.5, 0.6) is 0 Å². The number of primary amides is 1. The maximum absolute atomic E-state index is 12.7. The molecule has 1 aromatic heterocycles. The van der Waals surface area contributed by atoms with Gasteiger partial charge in [-0.3, -0.25) is 19.2 Å². The van der Waals surface area contributed by atoms with Gasteiger partial charge in [-0.25, -0.2) is 9.78 Å². The fourth-order valence-electron chi connectivity index (χ4n) is 2.34. The van der Waals surface area contributed by atoms with Crippen molar-refractivity contribution in [3.05, 3.63) is 18.2 Å². The number of carbonyl (C=O) groups is 5. The van der Waals surface area contributed by atoms with Gasteiger partial charge >= 0.3 is 5.97 Å². The van der Waals surface area contributed by atoms with Gasteiger partial charge in [0.15, 0.2) is 0 Å². The van der Waals surface area contributed by atoms with Gasteiger partial charge in [-0.1, -0.05) is 0 Å². The first kappa shape index (κ1) is 25.9. The molecule has 0 aliphatic heterocycles. The molecule has 10 N–H and O–H groups in total. The molecule has 0 fully saturated rings. The van der Waals surface area contributed by atoms with Crippen LogP contribution in [0, 0.1) is 0 Å². The number of carboxylic acid groups (broad SMARTS) is 1. The predicted octanol–water partition coefficient (Wildman–Crippen LogP) is -4.38. The van der Waals surface area contributed by atoms with Crippen molar-refractivity contribution in [2.45, 2.75) is 37.0 Å². The minimum Gasteiger partial charge on any atom is -0.480 e. The molecule has 1 rings (SSSR count). The van der Waals surface area contributed by atoms with E-state index in [4.69, 9.17) is 21.7 Å². The van der Waals surface area contributed by atoms with Crippen molar-refractivity contribution in [2.24, 2.45) is 11.5 Å². The number of aromatic nitrogens is 2. The standard InChI is InChI=1S/C16H25N7O7S/c17-8(2-12(18)25)13(26)21-9(1-7-3-19-6-20-7)14(27)23-11(5-31)15(28)22-10(4-24)16(29)30/h3,6,8-11,24,31H,1-2,4-5,17H2,(H2,18,25)(H,19,20)(H,21,26)(H,22,28)(H,23,27)(H,29,30). The number of carboxylic acids is 1. The molecule has 14 nitrogen and oxygen atoms in total. The Kier molecular flexibility index (Phi) is 10.4. The number of nitrogens with one attached hydrogen (secondary N) is 4. The smallest absolute Gasteiger partial charge is 0.328 e. The predicted molar refractivity (Wildman–Crippen MR) is 108 cm³/mol. The number of thiol groups is 1. The van der Waals surface area contributed by atoms with Crippen LogP contribution in [0.4, 0.5) is 0 Å². The fraction of sp³-hybridized carbons (Fsp3) is 0.500. The van der Waals surface area contributed by atoms with Crippen molar-refractivity contribution in [1.82, 2.24) is 25.9 Å². The Labute approximate surface area is 181 Å². The van der Waals surface area contributed by atoms with Gasteiger partial charge in [0.25, 0.3) is 0 Å². The summed E-state index contributed by atoms with van der Waals surface area (Å²) in [5, 5.41) is 24.7. The molecule has 1 heterocycles. The minimum absolute atomic E-state index is 0.0594. The molecule has 4 amide bonds. The zero-order valence-electron chi connectivity index (χ0n) is 16.3. The van der Waals surface area contributed by atoms with E-state index in [0.717, 1.165) is 0 Å². The third-order valence-electron chi connectivity index (χ3n) is 3.98. The monoisotopic (exact) mass is 459 g/mol. The van der Waals surface area contributed by atoms with Gasteiger partial charge in [0.05, 0.1) is 25.4 Å². The number of nitrogens with zero attached hydrogens (tertiary/aromatic N) is 1. The van der Waals surface area contributed by atoms with E-state index in [1.54, 1.807) is 0 Å². The SMILES string of the molecule is NC(=O)CC(N)C(=O)NC(Cc1cnc[nH]1)C(=O)NC(CS)C(=O)NC(CO)C(=O)O. The molecule has 0 saturated carbocycles. The Balaban J connectivity index is 2.91. The summed E-state index contributed by atoms with van der Waals surface area (Å²) in [6, 6.07) is -5.36. The second kappa shape index (κ2) is 12.5. The van der Waals surface area contributed by atoms with Crippen molar-refractivity contribution in [1.29, 1.82) is 0 Å². The highest BCUT2D eigenvalue weighted by molar-refractivity contribution is 7.80.